The highest BCUT2D eigenvalue weighted by Gasteiger charge is 2.11. The van der Waals surface area contributed by atoms with Crippen LogP contribution in [-0.4, -0.2) is 18.4 Å². The number of carbonyl (C=O) groups is 2. The zero-order valence-electron chi connectivity index (χ0n) is 12.1. The lowest BCUT2D eigenvalue weighted by molar-refractivity contribution is -0.115. The zero-order valence-corrected chi connectivity index (χ0v) is 13.6. The number of aryl methyl sites for hydroxylation is 1. The fourth-order valence-corrected chi connectivity index (χ4v) is 2.12. The molecule has 2 aromatic carbocycles. The van der Waals surface area contributed by atoms with Crippen molar-refractivity contribution in [3.63, 3.8) is 0 Å². The summed E-state index contributed by atoms with van der Waals surface area (Å²) < 4.78 is 13.4. The minimum atomic E-state index is -0.545. The predicted octanol–water partition coefficient (Wildman–Crippen LogP) is 3.81. The van der Waals surface area contributed by atoms with Crippen molar-refractivity contribution in [3.05, 3.63) is 63.4 Å². The van der Waals surface area contributed by atoms with Crippen molar-refractivity contribution >= 4 is 40.7 Å². The average Bonchev–Trinajstić information content (AvgIpc) is 2.51. The number of anilines is 1. The molecule has 0 aliphatic carbocycles. The van der Waals surface area contributed by atoms with E-state index in [1.54, 1.807) is 19.1 Å². The Labute approximate surface area is 142 Å². The van der Waals surface area contributed by atoms with Gasteiger partial charge in [-0.05, 0) is 42.8 Å². The van der Waals surface area contributed by atoms with Gasteiger partial charge in [0.2, 0.25) is 5.91 Å². The molecule has 2 aromatic rings. The van der Waals surface area contributed by atoms with Gasteiger partial charge in [0.05, 0.1) is 17.3 Å². The fraction of sp³-hybridized carbons (Fsp3) is 0.125. The molecule has 120 valence electrons. The van der Waals surface area contributed by atoms with Gasteiger partial charge in [0, 0.05) is 10.6 Å². The second-order valence-corrected chi connectivity index (χ2v) is 5.66. The molecule has 0 saturated heterocycles. The van der Waals surface area contributed by atoms with Crippen LogP contribution in [0.2, 0.25) is 10.0 Å². The van der Waals surface area contributed by atoms with E-state index in [1.807, 2.05) is 0 Å². The third-order valence-corrected chi connectivity index (χ3v) is 3.61. The monoisotopic (exact) mass is 354 g/mol. The molecule has 23 heavy (non-hydrogen) atoms. The molecule has 0 spiro atoms. The first-order valence-corrected chi connectivity index (χ1v) is 7.41. The van der Waals surface area contributed by atoms with Gasteiger partial charge in [0.25, 0.3) is 5.91 Å². The van der Waals surface area contributed by atoms with E-state index >= 15 is 0 Å². The van der Waals surface area contributed by atoms with E-state index in [0.717, 1.165) is 6.07 Å². The van der Waals surface area contributed by atoms with Crippen LogP contribution in [0.4, 0.5) is 10.1 Å². The topological polar surface area (TPSA) is 58.2 Å². The molecule has 0 heterocycles. The summed E-state index contributed by atoms with van der Waals surface area (Å²) in [5, 5.41) is 5.69. The molecule has 0 radical (unpaired) electrons. The number of hydrogen-bond acceptors (Lipinski definition) is 2. The van der Waals surface area contributed by atoms with Crippen molar-refractivity contribution in [2.24, 2.45) is 0 Å². The SMILES string of the molecule is Cc1ccc(C(=O)NCC(=O)Nc2cc(Cl)ccc2Cl)cc1F. The van der Waals surface area contributed by atoms with Gasteiger partial charge in [-0.2, -0.15) is 0 Å². The third kappa shape index (κ3) is 4.68. The summed E-state index contributed by atoms with van der Waals surface area (Å²) in [6, 6.07) is 8.74. The first-order chi connectivity index (χ1) is 10.9. The molecular weight excluding hydrogens is 342 g/mol. The van der Waals surface area contributed by atoms with Gasteiger partial charge in [-0.25, -0.2) is 4.39 Å². The Morgan fingerprint density at radius 3 is 2.57 bits per heavy atom. The van der Waals surface area contributed by atoms with Gasteiger partial charge in [0.1, 0.15) is 5.82 Å². The summed E-state index contributed by atoms with van der Waals surface area (Å²) in [4.78, 5) is 23.7. The fourth-order valence-electron chi connectivity index (χ4n) is 1.78. The van der Waals surface area contributed by atoms with E-state index in [2.05, 4.69) is 10.6 Å². The molecule has 0 fully saturated rings. The Kier molecular flexibility index (Phi) is 5.58. The standard InChI is InChI=1S/C16H13Cl2FN2O2/c1-9-2-3-10(6-13(9)19)16(23)20-8-15(22)21-14-7-11(17)4-5-12(14)18/h2-7H,8H2,1H3,(H,20,23)(H,21,22). The van der Waals surface area contributed by atoms with Gasteiger partial charge in [-0.15, -0.1) is 0 Å². The van der Waals surface area contributed by atoms with Crippen molar-refractivity contribution in [2.75, 3.05) is 11.9 Å². The maximum atomic E-state index is 13.4. The van der Waals surface area contributed by atoms with Gasteiger partial charge < -0.3 is 10.6 Å². The molecule has 0 aliphatic rings. The largest absolute Gasteiger partial charge is 0.343 e. The van der Waals surface area contributed by atoms with Crippen LogP contribution in [-0.2, 0) is 4.79 Å². The van der Waals surface area contributed by atoms with Crippen LogP contribution in [0.15, 0.2) is 36.4 Å². The van der Waals surface area contributed by atoms with Gasteiger partial charge in [-0.3, -0.25) is 9.59 Å². The van der Waals surface area contributed by atoms with Crippen molar-refractivity contribution < 1.29 is 14.0 Å². The molecule has 2 amide bonds. The highest BCUT2D eigenvalue weighted by Crippen LogP contribution is 2.25. The normalized spacial score (nSPS) is 10.3. The van der Waals surface area contributed by atoms with Gasteiger partial charge in [0.15, 0.2) is 0 Å². The lowest BCUT2D eigenvalue weighted by Crippen LogP contribution is -2.33. The molecule has 0 aromatic heterocycles. The summed E-state index contributed by atoms with van der Waals surface area (Å²) in [6.45, 7) is 1.32. The molecule has 0 unspecified atom stereocenters. The summed E-state index contributed by atoms with van der Waals surface area (Å²) in [6.07, 6.45) is 0. The molecule has 4 nitrogen and oxygen atoms in total. The predicted molar refractivity (Wildman–Crippen MR) is 88.6 cm³/mol. The second-order valence-electron chi connectivity index (χ2n) is 4.82. The Balaban J connectivity index is 1.94. The maximum Gasteiger partial charge on any atom is 0.251 e. The van der Waals surface area contributed by atoms with E-state index in [4.69, 9.17) is 23.2 Å². The van der Waals surface area contributed by atoms with E-state index in [1.165, 1.54) is 18.2 Å². The number of rotatable bonds is 4. The minimum absolute atomic E-state index is 0.140. The molecule has 2 N–H and O–H groups in total. The number of hydrogen-bond donors (Lipinski definition) is 2. The lowest BCUT2D eigenvalue weighted by atomic mass is 10.1. The average molecular weight is 355 g/mol. The zero-order chi connectivity index (χ0) is 17.0. The number of amides is 2. The van der Waals surface area contributed by atoms with Crippen LogP contribution in [0.25, 0.3) is 0 Å². The molecule has 2 rings (SSSR count). The van der Waals surface area contributed by atoms with E-state index in [-0.39, 0.29) is 12.1 Å². The van der Waals surface area contributed by atoms with Crippen molar-refractivity contribution in [1.82, 2.24) is 5.32 Å². The summed E-state index contributed by atoms with van der Waals surface area (Å²) in [5.41, 5.74) is 0.927. The Morgan fingerprint density at radius 2 is 1.87 bits per heavy atom. The first-order valence-electron chi connectivity index (χ1n) is 6.66. The lowest BCUT2D eigenvalue weighted by Gasteiger charge is -2.09. The number of halogens is 3. The minimum Gasteiger partial charge on any atom is -0.343 e. The molecule has 0 bridgehead atoms. The third-order valence-electron chi connectivity index (χ3n) is 3.05. The molecular formula is C16H13Cl2FN2O2. The Hall–Kier alpha value is -2.11. The maximum absolute atomic E-state index is 13.4. The summed E-state index contributed by atoms with van der Waals surface area (Å²) in [7, 11) is 0. The van der Waals surface area contributed by atoms with E-state index in [0.29, 0.717) is 21.3 Å². The quantitative estimate of drug-likeness (QED) is 0.876. The second kappa shape index (κ2) is 7.44. The Morgan fingerprint density at radius 1 is 1.13 bits per heavy atom. The van der Waals surface area contributed by atoms with Crippen LogP contribution in [0.1, 0.15) is 15.9 Å². The smallest absolute Gasteiger partial charge is 0.251 e. The van der Waals surface area contributed by atoms with Gasteiger partial charge in [-0.1, -0.05) is 29.3 Å². The molecule has 7 heteroatoms. The summed E-state index contributed by atoms with van der Waals surface area (Å²) in [5.74, 6) is -1.50. The van der Waals surface area contributed by atoms with Crippen molar-refractivity contribution in [3.8, 4) is 0 Å². The van der Waals surface area contributed by atoms with Crippen LogP contribution < -0.4 is 10.6 Å². The van der Waals surface area contributed by atoms with Gasteiger partial charge >= 0.3 is 0 Å². The van der Waals surface area contributed by atoms with Crippen LogP contribution in [0.3, 0.4) is 0 Å². The Bertz CT molecular complexity index is 766. The van der Waals surface area contributed by atoms with Crippen LogP contribution >= 0.6 is 23.2 Å². The van der Waals surface area contributed by atoms with E-state index in [9.17, 15) is 14.0 Å². The first kappa shape index (κ1) is 17.2. The van der Waals surface area contributed by atoms with Crippen LogP contribution in [0, 0.1) is 12.7 Å². The van der Waals surface area contributed by atoms with Crippen molar-refractivity contribution in [2.45, 2.75) is 6.92 Å². The molecule has 0 aliphatic heterocycles. The number of nitrogens with one attached hydrogen (secondary N) is 2. The number of carbonyl (C=O) groups excluding carboxylic acids is 2. The highest BCUT2D eigenvalue weighted by atomic mass is 35.5. The molecule has 0 atom stereocenters. The van der Waals surface area contributed by atoms with Crippen LogP contribution in [0.5, 0.6) is 0 Å². The summed E-state index contributed by atoms with van der Waals surface area (Å²) >= 11 is 11.7. The number of benzene rings is 2. The van der Waals surface area contributed by atoms with E-state index < -0.39 is 17.6 Å². The molecule has 0 saturated carbocycles. The van der Waals surface area contributed by atoms with Crippen molar-refractivity contribution in [1.29, 1.82) is 0 Å². The highest BCUT2D eigenvalue weighted by molar-refractivity contribution is 6.35.